The maximum Gasteiger partial charge on any atom is 0.326 e. The van der Waals surface area contributed by atoms with Crippen LogP contribution in [0.1, 0.15) is 20.3 Å². The van der Waals surface area contributed by atoms with Gasteiger partial charge in [-0.2, -0.15) is 5.26 Å². The Balaban J connectivity index is 2.85. The molecule has 0 bridgehead atoms. The van der Waals surface area contributed by atoms with Gasteiger partial charge < -0.3 is 15.7 Å². The largest absolute Gasteiger partial charge is 0.480 e. The molecule has 0 aliphatic rings. The van der Waals surface area contributed by atoms with E-state index < -0.39 is 17.9 Å². The van der Waals surface area contributed by atoms with Gasteiger partial charge in [0.2, 0.25) is 0 Å². The number of anilines is 1. The average Bonchev–Trinajstić information content (AvgIpc) is 2.49. The number of carboxylic acids is 1. The van der Waals surface area contributed by atoms with E-state index in [1.165, 1.54) is 12.1 Å². The fraction of sp³-hybridized carbons (Fsp3) is 0.312. The SMILES string of the molecule is CC(C)CC(N/C=C(/C#N)C(=O)Nc1ccc(Cl)cc1Cl)C(=O)O. The molecule has 0 saturated carbocycles. The first-order valence-corrected chi connectivity index (χ1v) is 7.85. The molecule has 0 aliphatic heterocycles. The molecule has 24 heavy (non-hydrogen) atoms. The number of amides is 1. The molecule has 0 heterocycles. The van der Waals surface area contributed by atoms with Crippen LogP contribution < -0.4 is 10.6 Å². The van der Waals surface area contributed by atoms with Gasteiger partial charge in [-0.25, -0.2) is 4.79 Å². The molecule has 1 aromatic carbocycles. The number of carboxylic acid groups (broad SMARTS) is 1. The lowest BCUT2D eigenvalue weighted by Gasteiger charge is -2.15. The van der Waals surface area contributed by atoms with Gasteiger partial charge in [0.15, 0.2) is 0 Å². The van der Waals surface area contributed by atoms with Crippen molar-refractivity contribution < 1.29 is 14.7 Å². The molecule has 0 aromatic heterocycles. The van der Waals surface area contributed by atoms with E-state index in [-0.39, 0.29) is 16.5 Å². The summed E-state index contributed by atoms with van der Waals surface area (Å²) in [6, 6.07) is 5.34. The van der Waals surface area contributed by atoms with Crippen molar-refractivity contribution in [1.29, 1.82) is 5.26 Å². The van der Waals surface area contributed by atoms with E-state index >= 15 is 0 Å². The summed E-state index contributed by atoms with van der Waals surface area (Å²) in [6.07, 6.45) is 1.45. The number of halogens is 2. The number of nitrogens with zero attached hydrogens (tertiary/aromatic N) is 1. The zero-order valence-corrected chi connectivity index (χ0v) is 14.6. The van der Waals surface area contributed by atoms with Crippen molar-refractivity contribution in [2.24, 2.45) is 5.92 Å². The summed E-state index contributed by atoms with van der Waals surface area (Å²) in [5.41, 5.74) is 0.0280. The Morgan fingerprint density at radius 3 is 2.54 bits per heavy atom. The van der Waals surface area contributed by atoms with Crippen LogP contribution in [-0.4, -0.2) is 23.0 Å². The van der Waals surface area contributed by atoms with Crippen molar-refractivity contribution in [1.82, 2.24) is 5.32 Å². The number of hydrogen-bond acceptors (Lipinski definition) is 4. The number of carbonyl (C=O) groups is 2. The lowest BCUT2D eigenvalue weighted by molar-refractivity contribution is -0.139. The minimum atomic E-state index is -1.06. The Hall–Kier alpha value is -2.23. The van der Waals surface area contributed by atoms with Crippen molar-refractivity contribution in [3.63, 3.8) is 0 Å². The highest BCUT2D eigenvalue weighted by molar-refractivity contribution is 6.36. The summed E-state index contributed by atoms with van der Waals surface area (Å²) in [5.74, 6) is -1.62. The minimum Gasteiger partial charge on any atom is -0.480 e. The molecule has 0 spiro atoms. The highest BCUT2D eigenvalue weighted by Gasteiger charge is 2.18. The van der Waals surface area contributed by atoms with Crippen LogP contribution in [0.25, 0.3) is 0 Å². The fourth-order valence-electron chi connectivity index (χ4n) is 1.82. The topological polar surface area (TPSA) is 102 Å². The van der Waals surface area contributed by atoms with Crippen molar-refractivity contribution in [3.05, 3.63) is 40.0 Å². The lowest BCUT2D eigenvalue weighted by Crippen LogP contribution is -2.35. The van der Waals surface area contributed by atoms with E-state index in [4.69, 9.17) is 33.6 Å². The number of aliphatic carboxylic acids is 1. The summed E-state index contributed by atoms with van der Waals surface area (Å²) in [5, 5.41) is 23.9. The van der Waals surface area contributed by atoms with E-state index in [2.05, 4.69) is 10.6 Å². The monoisotopic (exact) mass is 369 g/mol. The van der Waals surface area contributed by atoms with Gasteiger partial charge in [0.25, 0.3) is 5.91 Å². The van der Waals surface area contributed by atoms with Crippen LogP contribution in [0.4, 0.5) is 5.69 Å². The molecular weight excluding hydrogens is 353 g/mol. The summed E-state index contributed by atoms with van der Waals surface area (Å²) in [7, 11) is 0. The van der Waals surface area contributed by atoms with Gasteiger partial charge in [-0.3, -0.25) is 4.79 Å². The second-order valence-corrected chi connectivity index (χ2v) is 6.28. The fourth-order valence-corrected chi connectivity index (χ4v) is 2.28. The van der Waals surface area contributed by atoms with Crippen molar-refractivity contribution in [2.75, 3.05) is 5.32 Å². The third kappa shape index (κ3) is 6.11. The maximum absolute atomic E-state index is 12.1. The van der Waals surface area contributed by atoms with E-state index in [0.717, 1.165) is 6.20 Å². The first-order valence-electron chi connectivity index (χ1n) is 7.10. The molecule has 0 fully saturated rings. The van der Waals surface area contributed by atoms with Crippen LogP contribution in [0.15, 0.2) is 30.0 Å². The van der Waals surface area contributed by atoms with E-state index in [9.17, 15) is 9.59 Å². The van der Waals surface area contributed by atoms with Crippen LogP contribution in [-0.2, 0) is 9.59 Å². The van der Waals surface area contributed by atoms with Crippen LogP contribution in [0.2, 0.25) is 10.0 Å². The Morgan fingerprint density at radius 2 is 2.04 bits per heavy atom. The Kier molecular flexibility index (Phi) is 7.56. The molecular formula is C16H17Cl2N3O3. The molecule has 128 valence electrons. The predicted molar refractivity (Wildman–Crippen MR) is 92.8 cm³/mol. The normalized spacial score (nSPS) is 12.4. The van der Waals surface area contributed by atoms with Gasteiger partial charge in [-0.15, -0.1) is 0 Å². The van der Waals surface area contributed by atoms with E-state index in [1.54, 1.807) is 12.1 Å². The van der Waals surface area contributed by atoms with Gasteiger partial charge in [0, 0.05) is 11.2 Å². The molecule has 3 N–H and O–H groups in total. The molecule has 1 aromatic rings. The summed E-state index contributed by atoms with van der Waals surface area (Å²) >= 11 is 11.7. The Labute approximate surface area is 150 Å². The lowest BCUT2D eigenvalue weighted by atomic mass is 10.0. The van der Waals surface area contributed by atoms with E-state index in [0.29, 0.717) is 17.1 Å². The molecule has 1 atom stereocenters. The Morgan fingerprint density at radius 1 is 1.38 bits per heavy atom. The molecule has 1 rings (SSSR count). The third-order valence-electron chi connectivity index (χ3n) is 2.98. The van der Waals surface area contributed by atoms with Gasteiger partial charge in [-0.05, 0) is 30.5 Å². The molecule has 0 radical (unpaired) electrons. The molecule has 0 aliphatic carbocycles. The number of hydrogen-bond donors (Lipinski definition) is 3. The van der Waals surface area contributed by atoms with Gasteiger partial charge >= 0.3 is 5.97 Å². The van der Waals surface area contributed by atoms with Gasteiger partial charge in [0.05, 0.1) is 10.7 Å². The number of nitriles is 1. The average molecular weight is 370 g/mol. The number of nitrogens with one attached hydrogen (secondary N) is 2. The highest BCUT2D eigenvalue weighted by atomic mass is 35.5. The Bertz CT molecular complexity index is 696. The van der Waals surface area contributed by atoms with Gasteiger partial charge in [-0.1, -0.05) is 37.0 Å². The molecule has 1 unspecified atom stereocenters. The van der Waals surface area contributed by atoms with Crippen LogP contribution in [0.3, 0.4) is 0 Å². The predicted octanol–water partition coefficient (Wildman–Crippen LogP) is 3.43. The summed E-state index contributed by atoms with van der Waals surface area (Å²) in [4.78, 5) is 23.3. The van der Waals surface area contributed by atoms with Crippen molar-refractivity contribution in [3.8, 4) is 6.07 Å². The maximum atomic E-state index is 12.1. The molecule has 1 amide bonds. The summed E-state index contributed by atoms with van der Waals surface area (Å²) in [6.45, 7) is 3.75. The highest BCUT2D eigenvalue weighted by Crippen LogP contribution is 2.25. The molecule has 6 nitrogen and oxygen atoms in total. The molecule has 0 saturated heterocycles. The van der Waals surface area contributed by atoms with Crippen molar-refractivity contribution >= 4 is 40.8 Å². The first kappa shape index (κ1) is 19.8. The summed E-state index contributed by atoms with van der Waals surface area (Å²) < 4.78 is 0. The number of benzene rings is 1. The zero-order chi connectivity index (χ0) is 18.3. The van der Waals surface area contributed by atoms with Crippen LogP contribution in [0.5, 0.6) is 0 Å². The standard InChI is InChI=1S/C16H17Cl2N3O3/c1-9(2)5-14(16(23)24)20-8-10(7-19)15(22)21-13-4-3-11(17)6-12(13)18/h3-4,6,8-9,14,20H,5H2,1-2H3,(H,21,22)(H,23,24)/b10-8-. The number of rotatable bonds is 7. The third-order valence-corrected chi connectivity index (χ3v) is 3.53. The first-order chi connectivity index (χ1) is 11.2. The van der Waals surface area contributed by atoms with Crippen LogP contribution in [0, 0.1) is 17.2 Å². The van der Waals surface area contributed by atoms with Crippen LogP contribution >= 0.6 is 23.2 Å². The van der Waals surface area contributed by atoms with Crippen molar-refractivity contribution in [2.45, 2.75) is 26.3 Å². The zero-order valence-electron chi connectivity index (χ0n) is 13.1. The minimum absolute atomic E-state index is 0.138. The van der Waals surface area contributed by atoms with E-state index in [1.807, 2.05) is 13.8 Å². The smallest absolute Gasteiger partial charge is 0.326 e. The second kappa shape index (κ2) is 9.16. The molecule has 8 heteroatoms. The van der Waals surface area contributed by atoms with Gasteiger partial charge in [0.1, 0.15) is 17.7 Å². The second-order valence-electron chi connectivity index (χ2n) is 5.44. The quantitative estimate of drug-likeness (QED) is 0.504. The number of carbonyl (C=O) groups excluding carboxylic acids is 1.